The molecule has 1 aliphatic rings. The fourth-order valence-corrected chi connectivity index (χ4v) is 2.20. The van der Waals surface area contributed by atoms with Crippen LogP contribution in [-0.2, 0) is 4.79 Å². The molecule has 5 heteroatoms. The largest absolute Gasteiger partial charge is 0.366 e. The zero-order chi connectivity index (χ0) is 13.7. The van der Waals surface area contributed by atoms with Gasteiger partial charge in [-0.05, 0) is 25.0 Å². The van der Waals surface area contributed by atoms with Crippen LogP contribution < -0.4 is 10.6 Å². The van der Waals surface area contributed by atoms with Crippen molar-refractivity contribution in [1.82, 2.24) is 10.2 Å². The van der Waals surface area contributed by atoms with Crippen molar-refractivity contribution in [3.63, 3.8) is 0 Å². The fraction of sp³-hybridized carbons (Fsp3) is 0.643. The van der Waals surface area contributed by atoms with Gasteiger partial charge in [-0.3, -0.25) is 4.79 Å². The van der Waals surface area contributed by atoms with E-state index in [-0.39, 0.29) is 11.8 Å². The van der Waals surface area contributed by atoms with E-state index in [2.05, 4.69) is 20.8 Å². The molecule has 104 valence electrons. The van der Waals surface area contributed by atoms with Crippen molar-refractivity contribution in [2.24, 2.45) is 5.92 Å². The Morgan fingerprint density at radius 2 is 1.79 bits per heavy atom. The first-order valence-corrected chi connectivity index (χ1v) is 7.06. The fourth-order valence-electron chi connectivity index (χ4n) is 2.20. The maximum Gasteiger partial charge on any atom is 0.228 e. The number of amides is 1. The van der Waals surface area contributed by atoms with Crippen LogP contribution in [-0.4, -0.2) is 22.1 Å². The Balaban J connectivity index is 1.88. The summed E-state index contributed by atoms with van der Waals surface area (Å²) in [5.74, 6) is 1.20. The molecule has 1 aliphatic carbocycles. The Labute approximate surface area is 114 Å². The summed E-state index contributed by atoms with van der Waals surface area (Å²) in [5.41, 5.74) is 0. The highest BCUT2D eigenvalue weighted by molar-refractivity contribution is 5.91. The second-order valence-corrected chi connectivity index (χ2v) is 5.43. The third kappa shape index (κ3) is 4.19. The van der Waals surface area contributed by atoms with Crippen LogP contribution in [0.4, 0.5) is 11.6 Å². The van der Waals surface area contributed by atoms with Gasteiger partial charge in [-0.1, -0.05) is 33.1 Å². The molecule has 0 aromatic carbocycles. The molecule has 1 heterocycles. The average Bonchev–Trinajstić information content (AvgIpc) is 2.42. The summed E-state index contributed by atoms with van der Waals surface area (Å²) in [6, 6.07) is 4.18. The first-order chi connectivity index (χ1) is 9.15. The van der Waals surface area contributed by atoms with E-state index >= 15 is 0 Å². The van der Waals surface area contributed by atoms with E-state index in [4.69, 9.17) is 0 Å². The first kappa shape index (κ1) is 13.8. The van der Waals surface area contributed by atoms with Gasteiger partial charge < -0.3 is 10.6 Å². The smallest absolute Gasteiger partial charge is 0.228 e. The van der Waals surface area contributed by atoms with Crippen LogP contribution in [0.5, 0.6) is 0 Å². The molecule has 5 nitrogen and oxygen atoms in total. The minimum Gasteiger partial charge on any atom is -0.366 e. The molecule has 0 bridgehead atoms. The van der Waals surface area contributed by atoms with Crippen LogP contribution in [0.25, 0.3) is 0 Å². The monoisotopic (exact) mass is 262 g/mol. The van der Waals surface area contributed by atoms with Gasteiger partial charge in [0.25, 0.3) is 0 Å². The zero-order valence-corrected chi connectivity index (χ0v) is 11.6. The van der Waals surface area contributed by atoms with Crippen molar-refractivity contribution in [1.29, 1.82) is 0 Å². The van der Waals surface area contributed by atoms with Crippen LogP contribution in [0, 0.1) is 5.92 Å². The molecule has 1 saturated carbocycles. The molecule has 2 rings (SSSR count). The lowest BCUT2D eigenvalue weighted by atomic mass is 9.95. The Morgan fingerprint density at radius 3 is 2.37 bits per heavy atom. The number of carbonyl (C=O) groups excluding carboxylic acids is 1. The normalized spacial score (nSPS) is 16.4. The molecular weight excluding hydrogens is 240 g/mol. The van der Waals surface area contributed by atoms with E-state index in [1.807, 2.05) is 19.9 Å². The average molecular weight is 262 g/mol. The van der Waals surface area contributed by atoms with Gasteiger partial charge in [-0.25, -0.2) is 0 Å². The second kappa shape index (κ2) is 6.50. The highest BCUT2D eigenvalue weighted by atomic mass is 16.1. The molecule has 1 aromatic rings. The molecule has 0 atom stereocenters. The van der Waals surface area contributed by atoms with E-state index in [9.17, 15) is 4.79 Å². The Hall–Kier alpha value is -1.65. The highest BCUT2D eigenvalue weighted by Gasteiger charge is 2.14. The molecule has 0 unspecified atom stereocenters. The van der Waals surface area contributed by atoms with Crippen molar-refractivity contribution >= 4 is 17.5 Å². The lowest BCUT2D eigenvalue weighted by molar-refractivity contribution is -0.118. The van der Waals surface area contributed by atoms with Gasteiger partial charge >= 0.3 is 0 Å². The number of nitrogens with one attached hydrogen (secondary N) is 2. The SMILES string of the molecule is CC(C)C(=O)Nc1ccc(NC2CCCCC2)nn1. The maximum atomic E-state index is 11.5. The highest BCUT2D eigenvalue weighted by Crippen LogP contribution is 2.20. The van der Waals surface area contributed by atoms with E-state index < -0.39 is 0 Å². The molecule has 2 N–H and O–H groups in total. The number of carbonyl (C=O) groups is 1. The van der Waals surface area contributed by atoms with Crippen molar-refractivity contribution in [3.8, 4) is 0 Å². The van der Waals surface area contributed by atoms with Crippen molar-refractivity contribution in [3.05, 3.63) is 12.1 Å². The minimum atomic E-state index is -0.0539. The van der Waals surface area contributed by atoms with Crippen LogP contribution in [0.1, 0.15) is 46.0 Å². The number of aromatic nitrogens is 2. The van der Waals surface area contributed by atoms with Gasteiger partial charge in [0, 0.05) is 12.0 Å². The number of hydrogen-bond acceptors (Lipinski definition) is 4. The predicted octanol–water partition coefficient (Wildman–Crippen LogP) is 2.82. The number of rotatable bonds is 4. The maximum absolute atomic E-state index is 11.5. The van der Waals surface area contributed by atoms with Crippen molar-refractivity contribution in [2.45, 2.75) is 52.0 Å². The molecule has 1 amide bonds. The lowest BCUT2D eigenvalue weighted by Crippen LogP contribution is -2.23. The zero-order valence-electron chi connectivity index (χ0n) is 11.6. The van der Waals surface area contributed by atoms with Crippen LogP contribution in [0.2, 0.25) is 0 Å². The molecule has 1 aromatic heterocycles. The van der Waals surface area contributed by atoms with Crippen molar-refractivity contribution in [2.75, 3.05) is 10.6 Å². The summed E-state index contributed by atoms with van der Waals surface area (Å²) in [6.45, 7) is 3.70. The van der Waals surface area contributed by atoms with Crippen molar-refractivity contribution < 1.29 is 4.79 Å². The molecular formula is C14H22N4O. The summed E-state index contributed by atoms with van der Waals surface area (Å²) in [5, 5.41) is 14.3. The molecule has 0 saturated heterocycles. The van der Waals surface area contributed by atoms with Gasteiger partial charge in [-0.2, -0.15) is 0 Å². The summed E-state index contributed by atoms with van der Waals surface area (Å²) >= 11 is 0. The van der Waals surface area contributed by atoms with Crippen LogP contribution in [0.3, 0.4) is 0 Å². The molecule has 0 radical (unpaired) electrons. The van der Waals surface area contributed by atoms with Gasteiger partial charge in [0.15, 0.2) is 5.82 Å². The number of anilines is 2. The molecule has 19 heavy (non-hydrogen) atoms. The Morgan fingerprint density at radius 1 is 1.16 bits per heavy atom. The van der Waals surface area contributed by atoms with E-state index in [0.29, 0.717) is 11.9 Å². The molecule has 0 aliphatic heterocycles. The summed E-state index contributed by atoms with van der Waals surface area (Å²) in [6.07, 6.45) is 6.31. The van der Waals surface area contributed by atoms with Crippen LogP contribution in [0.15, 0.2) is 12.1 Å². The minimum absolute atomic E-state index is 0.0395. The lowest BCUT2D eigenvalue weighted by Gasteiger charge is -2.22. The topological polar surface area (TPSA) is 66.9 Å². The predicted molar refractivity (Wildman–Crippen MR) is 76.0 cm³/mol. The van der Waals surface area contributed by atoms with Gasteiger partial charge in [0.1, 0.15) is 5.82 Å². The molecule has 1 fully saturated rings. The van der Waals surface area contributed by atoms with Gasteiger partial charge in [0.2, 0.25) is 5.91 Å². The standard InChI is InChI=1S/C14H22N4O/c1-10(2)14(19)16-13-9-8-12(17-18-13)15-11-6-4-3-5-7-11/h8-11H,3-7H2,1-2H3,(H,15,17)(H,16,18,19). The quantitative estimate of drug-likeness (QED) is 0.875. The third-order valence-corrected chi connectivity index (χ3v) is 3.40. The summed E-state index contributed by atoms with van der Waals surface area (Å²) in [7, 11) is 0. The third-order valence-electron chi connectivity index (χ3n) is 3.40. The van der Waals surface area contributed by atoms with E-state index in [1.165, 1.54) is 32.1 Å². The van der Waals surface area contributed by atoms with E-state index in [1.54, 1.807) is 6.07 Å². The van der Waals surface area contributed by atoms with Crippen LogP contribution >= 0.6 is 0 Å². The Kier molecular flexibility index (Phi) is 4.71. The van der Waals surface area contributed by atoms with Gasteiger partial charge in [0.05, 0.1) is 0 Å². The van der Waals surface area contributed by atoms with Gasteiger partial charge in [-0.15, -0.1) is 10.2 Å². The first-order valence-electron chi connectivity index (χ1n) is 7.06. The number of hydrogen-bond donors (Lipinski definition) is 2. The Bertz CT molecular complexity index is 410. The second-order valence-electron chi connectivity index (χ2n) is 5.43. The molecule has 0 spiro atoms. The van der Waals surface area contributed by atoms with E-state index in [0.717, 1.165) is 5.82 Å². The summed E-state index contributed by atoms with van der Waals surface area (Å²) in [4.78, 5) is 11.5. The number of nitrogens with zero attached hydrogens (tertiary/aromatic N) is 2. The summed E-state index contributed by atoms with van der Waals surface area (Å²) < 4.78 is 0.